The SMILES string of the molecule is COc1ccc(CNC(=O)Cc2c[nH]c3ccc(F)cc23)cc1F. The Morgan fingerprint density at radius 2 is 2.04 bits per heavy atom. The van der Waals surface area contributed by atoms with Gasteiger partial charge in [-0.2, -0.15) is 0 Å². The summed E-state index contributed by atoms with van der Waals surface area (Å²) in [7, 11) is 1.39. The minimum Gasteiger partial charge on any atom is -0.494 e. The van der Waals surface area contributed by atoms with E-state index in [1.165, 1.54) is 31.4 Å². The van der Waals surface area contributed by atoms with E-state index in [-0.39, 0.29) is 30.4 Å². The predicted molar refractivity (Wildman–Crippen MR) is 86.8 cm³/mol. The molecule has 24 heavy (non-hydrogen) atoms. The van der Waals surface area contributed by atoms with E-state index >= 15 is 0 Å². The van der Waals surface area contributed by atoms with Gasteiger partial charge in [0.15, 0.2) is 11.6 Å². The molecule has 2 N–H and O–H groups in total. The monoisotopic (exact) mass is 330 g/mol. The lowest BCUT2D eigenvalue weighted by Crippen LogP contribution is -2.24. The third-order valence-electron chi connectivity index (χ3n) is 3.79. The second-order valence-electron chi connectivity index (χ2n) is 5.43. The maximum atomic E-state index is 13.6. The molecule has 1 amide bonds. The minimum absolute atomic E-state index is 0.113. The van der Waals surface area contributed by atoms with Crippen LogP contribution in [0.2, 0.25) is 0 Å². The van der Waals surface area contributed by atoms with E-state index in [0.29, 0.717) is 16.5 Å². The number of nitrogens with one attached hydrogen (secondary N) is 2. The molecule has 0 fully saturated rings. The van der Waals surface area contributed by atoms with Gasteiger partial charge in [-0.1, -0.05) is 6.07 Å². The fourth-order valence-corrected chi connectivity index (χ4v) is 2.55. The number of ether oxygens (including phenoxy) is 1. The molecule has 0 atom stereocenters. The highest BCUT2D eigenvalue weighted by Crippen LogP contribution is 2.20. The number of hydrogen-bond acceptors (Lipinski definition) is 2. The number of halogens is 2. The van der Waals surface area contributed by atoms with Crippen LogP contribution >= 0.6 is 0 Å². The molecule has 3 rings (SSSR count). The number of carbonyl (C=O) groups is 1. The van der Waals surface area contributed by atoms with Crippen molar-refractivity contribution < 1.29 is 18.3 Å². The molecule has 0 radical (unpaired) electrons. The van der Waals surface area contributed by atoms with Crippen molar-refractivity contribution in [1.82, 2.24) is 10.3 Å². The molecule has 6 heteroatoms. The van der Waals surface area contributed by atoms with Crippen LogP contribution in [0.1, 0.15) is 11.1 Å². The number of fused-ring (bicyclic) bond motifs is 1. The van der Waals surface area contributed by atoms with Crippen LogP contribution in [0.15, 0.2) is 42.6 Å². The molecule has 0 unspecified atom stereocenters. The summed E-state index contributed by atoms with van der Waals surface area (Å²) in [5.41, 5.74) is 2.12. The second kappa shape index (κ2) is 6.70. The van der Waals surface area contributed by atoms with E-state index in [1.54, 1.807) is 18.3 Å². The van der Waals surface area contributed by atoms with Gasteiger partial charge in [0.05, 0.1) is 13.5 Å². The molecule has 0 aliphatic rings. The summed E-state index contributed by atoms with van der Waals surface area (Å²) in [6, 6.07) is 8.91. The molecule has 4 nitrogen and oxygen atoms in total. The van der Waals surface area contributed by atoms with Crippen molar-refractivity contribution in [2.24, 2.45) is 0 Å². The van der Waals surface area contributed by atoms with Gasteiger partial charge in [0.2, 0.25) is 5.91 Å². The van der Waals surface area contributed by atoms with Crippen LogP contribution in [0, 0.1) is 11.6 Å². The van der Waals surface area contributed by atoms with E-state index < -0.39 is 5.82 Å². The summed E-state index contributed by atoms with van der Waals surface area (Å²) in [6.07, 6.45) is 1.80. The second-order valence-corrected chi connectivity index (χ2v) is 5.43. The predicted octanol–water partition coefficient (Wildman–Crippen LogP) is 3.31. The first-order valence-corrected chi connectivity index (χ1v) is 7.41. The highest BCUT2D eigenvalue weighted by atomic mass is 19.1. The summed E-state index contributed by atoms with van der Waals surface area (Å²) in [4.78, 5) is 15.1. The Morgan fingerprint density at radius 1 is 1.21 bits per heavy atom. The van der Waals surface area contributed by atoms with Crippen LogP contribution in [0.4, 0.5) is 8.78 Å². The first kappa shape index (κ1) is 16.0. The zero-order chi connectivity index (χ0) is 17.1. The largest absolute Gasteiger partial charge is 0.494 e. The fourth-order valence-electron chi connectivity index (χ4n) is 2.55. The van der Waals surface area contributed by atoms with Crippen LogP contribution < -0.4 is 10.1 Å². The van der Waals surface area contributed by atoms with E-state index in [9.17, 15) is 13.6 Å². The van der Waals surface area contributed by atoms with Gasteiger partial charge in [0.25, 0.3) is 0 Å². The summed E-state index contributed by atoms with van der Waals surface area (Å²) in [5, 5.41) is 3.41. The minimum atomic E-state index is -0.476. The third kappa shape index (κ3) is 3.37. The molecule has 124 valence electrons. The molecule has 0 bridgehead atoms. The average Bonchev–Trinajstić information content (AvgIpc) is 2.95. The van der Waals surface area contributed by atoms with Crippen molar-refractivity contribution in [3.05, 3.63) is 65.4 Å². The molecule has 3 aromatic rings. The van der Waals surface area contributed by atoms with Gasteiger partial charge in [-0.15, -0.1) is 0 Å². The third-order valence-corrected chi connectivity index (χ3v) is 3.79. The van der Waals surface area contributed by atoms with E-state index in [0.717, 1.165) is 5.52 Å². The van der Waals surface area contributed by atoms with Gasteiger partial charge in [0, 0.05) is 23.6 Å². The molecule has 0 spiro atoms. The zero-order valence-electron chi connectivity index (χ0n) is 13.0. The quantitative estimate of drug-likeness (QED) is 0.754. The average molecular weight is 330 g/mol. The maximum Gasteiger partial charge on any atom is 0.224 e. The van der Waals surface area contributed by atoms with Crippen molar-refractivity contribution in [2.75, 3.05) is 7.11 Å². The number of carbonyl (C=O) groups excluding carboxylic acids is 1. The van der Waals surface area contributed by atoms with Gasteiger partial charge < -0.3 is 15.0 Å². The normalized spacial score (nSPS) is 10.8. The Labute approximate surface area is 137 Å². The topological polar surface area (TPSA) is 54.1 Å². The van der Waals surface area contributed by atoms with Crippen molar-refractivity contribution in [3.63, 3.8) is 0 Å². The van der Waals surface area contributed by atoms with Crippen LogP contribution in [-0.4, -0.2) is 18.0 Å². The van der Waals surface area contributed by atoms with Gasteiger partial charge in [-0.05, 0) is 41.5 Å². The molecule has 0 saturated carbocycles. The number of benzene rings is 2. The fraction of sp³-hybridized carbons (Fsp3) is 0.167. The van der Waals surface area contributed by atoms with E-state index in [1.807, 2.05) is 0 Å². The van der Waals surface area contributed by atoms with E-state index in [4.69, 9.17) is 4.74 Å². The lowest BCUT2D eigenvalue weighted by atomic mass is 10.1. The number of aromatic nitrogens is 1. The van der Waals surface area contributed by atoms with Gasteiger partial charge >= 0.3 is 0 Å². The molecule has 1 aromatic heterocycles. The molecular weight excluding hydrogens is 314 g/mol. The number of aromatic amines is 1. The first-order chi connectivity index (χ1) is 11.6. The Kier molecular flexibility index (Phi) is 4.46. The maximum absolute atomic E-state index is 13.6. The molecule has 0 aliphatic carbocycles. The van der Waals surface area contributed by atoms with Crippen LogP contribution in [0.25, 0.3) is 10.9 Å². The number of amides is 1. The standard InChI is InChI=1S/C18H16F2N2O2/c1-24-17-5-2-11(6-15(17)20)9-22-18(23)7-12-10-21-16-4-3-13(19)8-14(12)16/h2-6,8,10,21H,7,9H2,1H3,(H,22,23). The van der Waals surface area contributed by atoms with Crippen molar-refractivity contribution >= 4 is 16.8 Å². The molecule has 2 aromatic carbocycles. The van der Waals surface area contributed by atoms with Crippen molar-refractivity contribution in [1.29, 1.82) is 0 Å². The number of rotatable bonds is 5. The lowest BCUT2D eigenvalue weighted by Gasteiger charge is -2.07. The zero-order valence-corrected chi connectivity index (χ0v) is 13.0. The van der Waals surface area contributed by atoms with E-state index in [2.05, 4.69) is 10.3 Å². The molecule has 0 aliphatic heterocycles. The van der Waals surface area contributed by atoms with Crippen LogP contribution in [-0.2, 0) is 17.8 Å². The Balaban J connectivity index is 1.65. The smallest absolute Gasteiger partial charge is 0.224 e. The summed E-state index contributed by atoms with van der Waals surface area (Å²) >= 11 is 0. The van der Waals surface area contributed by atoms with Crippen LogP contribution in [0.3, 0.4) is 0 Å². The molecule has 0 saturated heterocycles. The number of methoxy groups -OCH3 is 1. The Bertz CT molecular complexity index is 890. The number of hydrogen-bond donors (Lipinski definition) is 2. The van der Waals surface area contributed by atoms with Gasteiger partial charge in [-0.25, -0.2) is 8.78 Å². The van der Waals surface area contributed by atoms with Gasteiger partial charge in [-0.3, -0.25) is 4.79 Å². The summed E-state index contributed by atoms with van der Waals surface area (Å²) in [5.74, 6) is -0.892. The Hall–Kier alpha value is -2.89. The van der Waals surface area contributed by atoms with Crippen molar-refractivity contribution in [3.8, 4) is 5.75 Å². The molecule has 1 heterocycles. The highest BCUT2D eigenvalue weighted by Gasteiger charge is 2.10. The van der Waals surface area contributed by atoms with Gasteiger partial charge in [0.1, 0.15) is 5.82 Å². The summed E-state index contributed by atoms with van der Waals surface area (Å²) in [6.45, 7) is 0.205. The Morgan fingerprint density at radius 3 is 2.79 bits per heavy atom. The lowest BCUT2D eigenvalue weighted by molar-refractivity contribution is -0.120. The summed E-state index contributed by atoms with van der Waals surface area (Å²) < 4.78 is 31.8. The highest BCUT2D eigenvalue weighted by molar-refractivity contribution is 5.88. The van der Waals surface area contributed by atoms with Crippen molar-refractivity contribution in [2.45, 2.75) is 13.0 Å². The first-order valence-electron chi connectivity index (χ1n) is 7.41. The number of H-pyrrole nitrogens is 1. The molecular formula is C18H16F2N2O2. The van der Waals surface area contributed by atoms with Crippen LogP contribution in [0.5, 0.6) is 5.75 Å².